The molecule has 0 bridgehead atoms. The lowest BCUT2D eigenvalue weighted by Gasteiger charge is -2.03. The Bertz CT molecular complexity index is 464. The monoisotopic (exact) mass is 225 g/mol. The summed E-state index contributed by atoms with van der Waals surface area (Å²) in [4.78, 5) is 0.889. The summed E-state index contributed by atoms with van der Waals surface area (Å²) in [6, 6.07) is 3.85. The van der Waals surface area contributed by atoms with E-state index >= 15 is 0 Å². The van der Waals surface area contributed by atoms with Crippen molar-refractivity contribution in [2.24, 2.45) is 0 Å². The molecule has 1 aromatic heterocycles. The van der Waals surface area contributed by atoms with Crippen molar-refractivity contribution in [3.8, 4) is 5.75 Å². The fourth-order valence-corrected chi connectivity index (χ4v) is 2.72. The average molecular weight is 225 g/mol. The summed E-state index contributed by atoms with van der Waals surface area (Å²) < 4.78 is 6.61. The van der Waals surface area contributed by atoms with Gasteiger partial charge in [0.25, 0.3) is 0 Å². The number of hydrogen-bond acceptors (Lipinski definition) is 4. The summed E-state index contributed by atoms with van der Waals surface area (Å²) in [5, 5.41) is 2.99. The molecular formula is C10H11NOS2. The Hall–Kier alpha value is -0.870. The van der Waals surface area contributed by atoms with Crippen LogP contribution in [0.15, 0.2) is 22.4 Å². The highest BCUT2D eigenvalue weighted by Gasteiger charge is 2.08. The minimum atomic E-state index is 0.661. The predicted octanol–water partition coefficient (Wildman–Crippen LogP) is 3.17. The van der Waals surface area contributed by atoms with Crippen molar-refractivity contribution < 1.29 is 4.74 Å². The fourth-order valence-electron chi connectivity index (χ4n) is 1.42. The van der Waals surface area contributed by atoms with E-state index in [4.69, 9.17) is 10.5 Å². The summed E-state index contributed by atoms with van der Waals surface area (Å²) in [6.45, 7) is 2.63. The topological polar surface area (TPSA) is 35.2 Å². The van der Waals surface area contributed by atoms with Crippen molar-refractivity contribution in [2.75, 3.05) is 12.3 Å². The van der Waals surface area contributed by atoms with Gasteiger partial charge in [-0.05, 0) is 19.1 Å². The van der Waals surface area contributed by atoms with E-state index in [2.05, 4.69) is 12.6 Å². The van der Waals surface area contributed by atoms with Crippen LogP contribution in [-0.4, -0.2) is 6.61 Å². The summed E-state index contributed by atoms with van der Waals surface area (Å²) in [5.74, 6) is 0.873. The van der Waals surface area contributed by atoms with Crippen molar-refractivity contribution in [1.29, 1.82) is 0 Å². The van der Waals surface area contributed by atoms with Gasteiger partial charge in [0.2, 0.25) is 0 Å². The molecule has 0 radical (unpaired) electrons. The highest BCUT2D eigenvalue weighted by atomic mass is 32.1. The highest BCUT2D eigenvalue weighted by Crippen LogP contribution is 2.37. The lowest BCUT2D eigenvalue weighted by atomic mass is 10.2. The molecule has 14 heavy (non-hydrogen) atoms. The summed E-state index contributed by atoms with van der Waals surface area (Å²) in [7, 11) is 0. The minimum Gasteiger partial charge on any atom is -0.492 e. The summed E-state index contributed by atoms with van der Waals surface area (Å²) >= 11 is 5.91. The molecule has 0 atom stereocenters. The van der Waals surface area contributed by atoms with Crippen LogP contribution in [0.2, 0.25) is 0 Å². The molecule has 0 aliphatic rings. The summed E-state index contributed by atoms with van der Waals surface area (Å²) in [6.07, 6.45) is 0. The molecule has 0 saturated heterocycles. The molecule has 0 unspecified atom stereocenters. The number of fused-ring (bicyclic) bond motifs is 1. The molecule has 2 nitrogen and oxygen atoms in total. The van der Waals surface area contributed by atoms with Crippen LogP contribution in [0.5, 0.6) is 5.75 Å². The number of thiol groups is 1. The van der Waals surface area contributed by atoms with Crippen molar-refractivity contribution in [3.63, 3.8) is 0 Å². The van der Waals surface area contributed by atoms with E-state index in [1.165, 1.54) is 0 Å². The number of thiophene rings is 1. The average Bonchev–Trinajstić information content (AvgIpc) is 2.49. The molecule has 0 amide bonds. The molecule has 2 rings (SSSR count). The van der Waals surface area contributed by atoms with Crippen molar-refractivity contribution in [3.05, 3.63) is 17.5 Å². The van der Waals surface area contributed by atoms with Crippen molar-refractivity contribution >= 4 is 39.7 Å². The smallest absolute Gasteiger partial charge is 0.139 e. The quantitative estimate of drug-likeness (QED) is 0.608. The van der Waals surface area contributed by atoms with E-state index in [1.807, 2.05) is 24.4 Å². The molecule has 0 aliphatic carbocycles. The Morgan fingerprint density at radius 3 is 3.00 bits per heavy atom. The maximum atomic E-state index is 5.91. The van der Waals surface area contributed by atoms with Gasteiger partial charge in [0.05, 0.1) is 12.0 Å². The second-order valence-electron chi connectivity index (χ2n) is 2.94. The predicted molar refractivity (Wildman–Crippen MR) is 64.7 cm³/mol. The van der Waals surface area contributed by atoms with Gasteiger partial charge in [-0.15, -0.1) is 24.0 Å². The van der Waals surface area contributed by atoms with E-state index < -0.39 is 0 Å². The lowest BCUT2D eigenvalue weighted by molar-refractivity contribution is 0.345. The molecule has 0 aliphatic heterocycles. The van der Waals surface area contributed by atoms with Gasteiger partial charge in [-0.25, -0.2) is 0 Å². The van der Waals surface area contributed by atoms with Crippen LogP contribution in [-0.2, 0) is 0 Å². The third kappa shape index (κ3) is 1.55. The Labute approximate surface area is 92.1 Å². The van der Waals surface area contributed by atoms with E-state index in [0.717, 1.165) is 26.4 Å². The van der Waals surface area contributed by atoms with Crippen LogP contribution < -0.4 is 10.5 Å². The number of nitrogens with two attached hydrogens (primary N) is 1. The van der Waals surface area contributed by atoms with Gasteiger partial charge in [-0.3, -0.25) is 0 Å². The van der Waals surface area contributed by atoms with E-state index in [0.29, 0.717) is 6.61 Å². The molecular weight excluding hydrogens is 214 g/mol. The number of ether oxygens (including phenoxy) is 1. The van der Waals surface area contributed by atoms with Crippen molar-refractivity contribution in [2.45, 2.75) is 11.8 Å². The number of anilines is 1. The standard InChI is InChI=1S/C10H11NOS2/c1-2-12-8-5-14-9-4-6(13)3-7(11)10(8)9/h3-5,13H,2,11H2,1H3. The Balaban J connectivity index is 2.66. The lowest BCUT2D eigenvalue weighted by Crippen LogP contribution is -1.92. The molecule has 1 heterocycles. The van der Waals surface area contributed by atoms with Crippen molar-refractivity contribution in [1.82, 2.24) is 0 Å². The number of benzene rings is 1. The van der Waals surface area contributed by atoms with Gasteiger partial charge in [0.15, 0.2) is 0 Å². The third-order valence-electron chi connectivity index (χ3n) is 1.96. The van der Waals surface area contributed by atoms with Crippen LogP contribution in [0.25, 0.3) is 10.1 Å². The first kappa shape index (κ1) is 9.68. The third-order valence-corrected chi connectivity index (χ3v) is 3.12. The number of rotatable bonds is 2. The van der Waals surface area contributed by atoms with Gasteiger partial charge >= 0.3 is 0 Å². The second-order valence-corrected chi connectivity index (χ2v) is 4.37. The number of nitrogen functional groups attached to an aromatic ring is 1. The van der Waals surface area contributed by atoms with Gasteiger partial charge in [-0.1, -0.05) is 0 Å². The largest absolute Gasteiger partial charge is 0.492 e. The molecule has 2 aromatic rings. The first-order valence-corrected chi connectivity index (χ1v) is 5.67. The first-order chi connectivity index (χ1) is 6.72. The number of hydrogen-bond donors (Lipinski definition) is 2. The zero-order valence-electron chi connectivity index (χ0n) is 7.78. The first-order valence-electron chi connectivity index (χ1n) is 4.35. The molecule has 4 heteroatoms. The Morgan fingerprint density at radius 1 is 1.50 bits per heavy atom. The maximum absolute atomic E-state index is 5.91. The van der Waals surface area contributed by atoms with E-state index in [9.17, 15) is 0 Å². The molecule has 0 saturated carbocycles. The molecule has 1 aromatic carbocycles. The van der Waals surface area contributed by atoms with Gasteiger partial charge < -0.3 is 10.5 Å². The van der Waals surface area contributed by atoms with Gasteiger partial charge in [0.1, 0.15) is 5.75 Å². The highest BCUT2D eigenvalue weighted by molar-refractivity contribution is 7.80. The Kier molecular flexibility index (Phi) is 2.56. The minimum absolute atomic E-state index is 0.661. The van der Waals surface area contributed by atoms with Crippen LogP contribution in [0, 0.1) is 0 Å². The van der Waals surface area contributed by atoms with E-state index in [1.54, 1.807) is 11.3 Å². The molecule has 0 fully saturated rings. The van der Waals surface area contributed by atoms with Crippen LogP contribution in [0.1, 0.15) is 6.92 Å². The maximum Gasteiger partial charge on any atom is 0.139 e. The summed E-state index contributed by atoms with van der Waals surface area (Å²) in [5.41, 5.74) is 6.64. The fraction of sp³-hybridized carbons (Fsp3) is 0.200. The zero-order chi connectivity index (χ0) is 10.1. The zero-order valence-corrected chi connectivity index (χ0v) is 9.49. The van der Waals surface area contributed by atoms with Gasteiger partial charge in [0, 0.05) is 20.7 Å². The van der Waals surface area contributed by atoms with Crippen LogP contribution in [0.4, 0.5) is 5.69 Å². The van der Waals surface area contributed by atoms with Gasteiger partial charge in [-0.2, -0.15) is 0 Å². The SMILES string of the molecule is CCOc1csc2cc(S)cc(N)c12. The van der Waals surface area contributed by atoms with Crippen LogP contribution >= 0.6 is 24.0 Å². The second kappa shape index (κ2) is 3.71. The van der Waals surface area contributed by atoms with Crippen LogP contribution in [0.3, 0.4) is 0 Å². The molecule has 74 valence electrons. The normalized spacial score (nSPS) is 10.7. The molecule has 2 N–H and O–H groups in total. The van der Waals surface area contributed by atoms with E-state index in [-0.39, 0.29) is 0 Å². The Morgan fingerprint density at radius 2 is 2.29 bits per heavy atom. The molecule has 0 spiro atoms.